The Kier molecular flexibility index (Phi) is 9.01. The highest BCUT2D eigenvalue weighted by molar-refractivity contribution is 6.25. The third kappa shape index (κ3) is 6.37. The third-order valence-corrected chi connectivity index (χ3v) is 8.94. The zero-order valence-corrected chi connectivity index (χ0v) is 24.9. The zero-order valence-electron chi connectivity index (χ0n) is 24.9. The van der Waals surface area contributed by atoms with E-state index in [9.17, 15) is 18.8 Å². The van der Waals surface area contributed by atoms with Crippen molar-refractivity contribution in [3.05, 3.63) is 114 Å². The molecule has 0 radical (unpaired) electrons. The summed E-state index contributed by atoms with van der Waals surface area (Å²) in [5.74, 6) is -0.927. The van der Waals surface area contributed by atoms with Crippen LogP contribution >= 0.6 is 0 Å². The van der Waals surface area contributed by atoms with Crippen molar-refractivity contribution in [1.29, 1.82) is 0 Å². The van der Waals surface area contributed by atoms with Crippen LogP contribution in [0, 0.1) is 5.82 Å². The van der Waals surface area contributed by atoms with Crippen molar-refractivity contribution in [2.45, 2.75) is 70.0 Å². The predicted molar refractivity (Wildman–Crippen MR) is 171 cm³/mol. The maximum Gasteiger partial charge on any atom is 0.258 e. The summed E-state index contributed by atoms with van der Waals surface area (Å²) < 4.78 is 14.9. The Hall–Kier alpha value is -4.52. The second-order valence-corrected chi connectivity index (χ2v) is 11.9. The fourth-order valence-electron chi connectivity index (χ4n) is 6.64. The van der Waals surface area contributed by atoms with Gasteiger partial charge in [-0.2, -0.15) is 0 Å². The Morgan fingerprint density at radius 1 is 0.886 bits per heavy atom. The number of hydrogen-bond donors (Lipinski definition) is 1. The van der Waals surface area contributed by atoms with Crippen LogP contribution in [0.1, 0.15) is 66.4 Å². The largest absolute Gasteiger partial charge is 0.352 e. The molecule has 1 saturated carbocycles. The first kappa shape index (κ1) is 29.5. The van der Waals surface area contributed by atoms with E-state index in [0.29, 0.717) is 30.5 Å². The minimum Gasteiger partial charge on any atom is -0.352 e. The van der Waals surface area contributed by atoms with Crippen LogP contribution in [-0.4, -0.2) is 41.2 Å². The van der Waals surface area contributed by atoms with Crippen molar-refractivity contribution in [2.75, 3.05) is 11.4 Å². The molecule has 3 amide bonds. The van der Waals surface area contributed by atoms with E-state index in [2.05, 4.69) is 5.32 Å². The van der Waals surface area contributed by atoms with Crippen LogP contribution < -0.4 is 10.2 Å². The lowest BCUT2D eigenvalue weighted by molar-refractivity contribution is -0.141. The number of rotatable bonds is 11. The van der Waals surface area contributed by atoms with Gasteiger partial charge in [0.1, 0.15) is 11.9 Å². The minimum atomic E-state index is -0.808. The summed E-state index contributed by atoms with van der Waals surface area (Å²) in [7, 11) is 0. The Balaban J connectivity index is 1.24. The van der Waals surface area contributed by atoms with E-state index in [1.807, 2.05) is 66.7 Å². The highest BCUT2D eigenvalue weighted by Gasteiger charge is 2.33. The van der Waals surface area contributed by atoms with E-state index in [4.69, 9.17) is 0 Å². The molecule has 0 aromatic heterocycles. The van der Waals surface area contributed by atoms with E-state index in [1.165, 1.54) is 6.07 Å². The molecule has 7 heteroatoms. The van der Waals surface area contributed by atoms with Crippen molar-refractivity contribution >= 4 is 34.2 Å². The molecule has 1 aliphatic carbocycles. The Morgan fingerprint density at radius 3 is 2.39 bits per heavy atom. The first-order valence-electron chi connectivity index (χ1n) is 15.7. The van der Waals surface area contributed by atoms with Crippen molar-refractivity contribution in [1.82, 2.24) is 10.2 Å². The number of hydrogen-bond acceptors (Lipinski definition) is 3. The summed E-state index contributed by atoms with van der Waals surface area (Å²) in [5.41, 5.74) is 2.82. The van der Waals surface area contributed by atoms with Crippen molar-refractivity contribution in [3.8, 4) is 0 Å². The summed E-state index contributed by atoms with van der Waals surface area (Å²) in [4.78, 5) is 44.6. The van der Waals surface area contributed by atoms with Crippen LogP contribution in [0.3, 0.4) is 0 Å². The van der Waals surface area contributed by atoms with Gasteiger partial charge in [-0.3, -0.25) is 14.4 Å². The maximum atomic E-state index is 14.9. The van der Waals surface area contributed by atoms with Gasteiger partial charge in [0.25, 0.3) is 5.91 Å². The van der Waals surface area contributed by atoms with Gasteiger partial charge in [-0.25, -0.2) is 4.39 Å². The number of carbonyl (C=O) groups excluding carboxylic acids is 3. The topological polar surface area (TPSA) is 69.7 Å². The van der Waals surface area contributed by atoms with Gasteiger partial charge in [-0.15, -0.1) is 0 Å². The number of amides is 3. The molecule has 1 aliphatic heterocycles. The summed E-state index contributed by atoms with van der Waals surface area (Å²) in [5, 5.41) is 5.17. The van der Waals surface area contributed by atoms with Gasteiger partial charge in [-0.1, -0.05) is 92.1 Å². The maximum absolute atomic E-state index is 14.9. The van der Waals surface area contributed by atoms with Crippen LogP contribution in [0.4, 0.5) is 10.1 Å². The van der Waals surface area contributed by atoms with Crippen molar-refractivity contribution in [3.63, 3.8) is 0 Å². The van der Waals surface area contributed by atoms with Gasteiger partial charge in [0.15, 0.2) is 0 Å². The summed E-state index contributed by atoms with van der Waals surface area (Å²) in [6.45, 7) is 0.345. The number of benzene rings is 4. The highest BCUT2D eigenvalue weighted by atomic mass is 19.1. The van der Waals surface area contributed by atoms with Gasteiger partial charge in [0.2, 0.25) is 11.8 Å². The second kappa shape index (κ2) is 13.4. The molecular formula is C37H38FN3O3. The summed E-state index contributed by atoms with van der Waals surface area (Å²) in [6.07, 6.45) is 5.99. The molecule has 1 atom stereocenters. The van der Waals surface area contributed by atoms with Crippen LogP contribution in [0.2, 0.25) is 0 Å². The minimum absolute atomic E-state index is 0.0194. The Bertz CT molecular complexity index is 1650. The molecule has 6 rings (SSSR count). The third-order valence-electron chi connectivity index (χ3n) is 8.94. The quantitative estimate of drug-likeness (QED) is 0.208. The van der Waals surface area contributed by atoms with E-state index in [-0.39, 0.29) is 36.7 Å². The van der Waals surface area contributed by atoms with E-state index in [0.717, 1.165) is 54.1 Å². The van der Waals surface area contributed by atoms with Crippen LogP contribution in [-0.2, 0) is 22.6 Å². The number of halogens is 1. The predicted octanol–water partition coefficient (Wildman–Crippen LogP) is 6.81. The Morgan fingerprint density at radius 2 is 1.61 bits per heavy atom. The fraction of sp³-hybridized carbons (Fsp3) is 0.324. The zero-order chi connectivity index (χ0) is 30.5. The van der Waals surface area contributed by atoms with E-state index >= 15 is 0 Å². The molecule has 0 spiro atoms. The molecule has 4 aromatic carbocycles. The van der Waals surface area contributed by atoms with E-state index < -0.39 is 11.9 Å². The van der Waals surface area contributed by atoms with Crippen LogP contribution in [0.5, 0.6) is 0 Å². The van der Waals surface area contributed by atoms with Gasteiger partial charge < -0.3 is 15.1 Å². The summed E-state index contributed by atoms with van der Waals surface area (Å²) >= 11 is 0. The normalized spacial score (nSPS) is 15.4. The van der Waals surface area contributed by atoms with Crippen molar-refractivity contribution < 1.29 is 18.8 Å². The van der Waals surface area contributed by atoms with Gasteiger partial charge in [-0.05, 0) is 48.4 Å². The van der Waals surface area contributed by atoms with Gasteiger partial charge in [0, 0.05) is 48.5 Å². The van der Waals surface area contributed by atoms with Crippen LogP contribution in [0.25, 0.3) is 10.8 Å². The molecular weight excluding hydrogens is 553 g/mol. The number of anilines is 1. The number of nitrogens with zero attached hydrogens (tertiary/aromatic N) is 2. The molecule has 226 valence electrons. The number of carbonyl (C=O) groups is 3. The highest BCUT2D eigenvalue weighted by Crippen LogP contribution is 2.37. The van der Waals surface area contributed by atoms with Gasteiger partial charge in [0.05, 0.1) is 5.69 Å². The first-order valence-corrected chi connectivity index (χ1v) is 15.7. The standard InChI is InChI=1S/C37H38FN3O3/c38-31-20-8-7-14-28(31)25-41(33(24-26-12-3-1-4-13-26)36(43)39-29-17-5-2-6-18-29)34(42)22-11-23-40-32-21-10-16-27-15-9-19-30(35(27)32)37(40)44/h1,3-4,7-10,12-16,19-21,29,33H,2,5-6,11,17-18,22-25H2,(H,39,43)/t33-/m0/s1. The van der Waals surface area contributed by atoms with Crippen LogP contribution in [0.15, 0.2) is 91.0 Å². The fourth-order valence-corrected chi connectivity index (χ4v) is 6.64. The Labute approximate surface area is 257 Å². The molecule has 1 heterocycles. The smallest absolute Gasteiger partial charge is 0.258 e. The van der Waals surface area contributed by atoms with E-state index in [1.54, 1.807) is 28.0 Å². The molecule has 6 nitrogen and oxygen atoms in total. The first-order chi connectivity index (χ1) is 21.5. The molecule has 0 saturated heterocycles. The monoisotopic (exact) mass is 591 g/mol. The lowest BCUT2D eigenvalue weighted by Gasteiger charge is -2.33. The number of nitrogens with one attached hydrogen (secondary N) is 1. The second-order valence-electron chi connectivity index (χ2n) is 11.9. The lowest BCUT2D eigenvalue weighted by atomic mass is 9.94. The molecule has 4 aromatic rings. The molecule has 1 N–H and O–H groups in total. The molecule has 44 heavy (non-hydrogen) atoms. The average Bonchev–Trinajstić information content (AvgIpc) is 3.32. The molecule has 1 fully saturated rings. The molecule has 0 bridgehead atoms. The molecule has 0 unspecified atom stereocenters. The lowest BCUT2D eigenvalue weighted by Crippen LogP contribution is -2.53. The molecule has 2 aliphatic rings. The van der Waals surface area contributed by atoms with Crippen molar-refractivity contribution in [2.24, 2.45) is 0 Å². The average molecular weight is 592 g/mol. The van der Waals surface area contributed by atoms with Gasteiger partial charge >= 0.3 is 0 Å². The SMILES string of the molecule is O=C(NC1CCCCC1)[C@H](Cc1ccccc1)N(Cc1ccccc1F)C(=O)CCCN1C(=O)c2cccc3cccc1c23. The summed E-state index contributed by atoms with van der Waals surface area (Å²) in [6, 6.07) is 26.9.